The second-order valence-corrected chi connectivity index (χ2v) is 7.03. The minimum atomic E-state index is 0.634. The van der Waals surface area contributed by atoms with E-state index in [1.807, 2.05) is 0 Å². The highest BCUT2D eigenvalue weighted by Crippen LogP contribution is 2.29. The monoisotopic (exact) mass is 337 g/mol. The molecule has 0 radical (unpaired) electrons. The fourth-order valence-corrected chi connectivity index (χ4v) is 3.74. The molecule has 1 N–H and O–H groups in total. The highest BCUT2D eigenvalue weighted by Gasteiger charge is 2.17. The second kappa shape index (κ2) is 8.84. The van der Waals surface area contributed by atoms with Gasteiger partial charge in [0.15, 0.2) is 0 Å². The Morgan fingerprint density at radius 2 is 2.00 bits per heavy atom. The van der Waals surface area contributed by atoms with E-state index in [2.05, 4.69) is 52.4 Å². The molecule has 20 heavy (non-hydrogen) atoms. The second-order valence-electron chi connectivity index (χ2n) is 6.17. The summed E-state index contributed by atoms with van der Waals surface area (Å²) in [6.45, 7) is 3.39. The van der Waals surface area contributed by atoms with Crippen LogP contribution >= 0.6 is 15.9 Å². The van der Waals surface area contributed by atoms with Crippen molar-refractivity contribution >= 4 is 15.9 Å². The van der Waals surface area contributed by atoms with Crippen molar-refractivity contribution in [2.75, 3.05) is 6.54 Å². The van der Waals surface area contributed by atoms with Crippen LogP contribution < -0.4 is 5.32 Å². The van der Waals surface area contributed by atoms with Crippen molar-refractivity contribution in [3.63, 3.8) is 0 Å². The summed E-state index contributed by atoms with van der Waals surface area (Å²) < 4.78 is 1.25. The Bertz CT molecular complexity index is 385. The molecule has 0 aliphatic heterocycles. The quantitative estimate of drug-likeness (QED) is 0.675. The molecule has 1 aromatic rings. The van der Waals surface area contributed by atoms with E-state index in [-0.39, 0.29) is 0 Å². The highest BCUT2D eigenvalue weighted by molar-refractivity contribution is 9.10. The van der Waals surface area contributed by atoms with Gasteiger partial charge in [0.25, 0.3) is 0 Å². The van der Waals surface area contributed by atoms with E-state index in [1.165, 1.54) is 55.0 Å². The van der Waals surface area contributed by atoms with Crippen LogP contribution in [-0.4, -0.2) is 12.6 Å². The van der Waals surface area contributed by atoms with E-state index in [0.717, 1.165) is 18.9 Å². The Kier molecular flexibility index (Phi) is 7.09. The van der Waals surface area contributed by atoms with Gasteiger partial charge in [-0.15, -0.1) is 0 Å². The SMILES string of the molecule is CCCNC(CCC1CCCC1)Cc1ccccc1Br. The summed E-state index contributed by atoms with van der Waals surface area (Å²) in [5.41, 5.74) is 1.44. The van der Waals surface area contributed by atoms with E-state index < -0.39 is 0 Å². The first-order valence-electron chi connectivity index (χ1n) is 8.26. The van der Waals surface area contributed by atoms with Gasteiger partial charge in [0.1, 0.15) is 0 Å². The minimum absolute atomic E-state index is 0.634. The van der Waals surface area contributed by atoms with Crippen molar-refractivity contribution in [1.82, 2.24) is 5.32 Å². The van der Waals surface area contributed by atoms with Gasteiger partial charge in [0.05, 0.1) is 0 Å². The third-order valence-corrected chi connectivity index (χ3v) is 5.28. The Hall–Kier alpha value is -0.340. The number of halogens is 1. The van der Waals surface area contributed by atoms with Crippen LogP contribution in [0.4, 0.5) is 0 Å². The van der Waals surface area contributed by atoms with Gasteiger partial charge in [-0.1, -0.05) is 66.7 Å². The molecule has 112 valence electrons. The van der Waals surface area contributed by atoms with E-state index in [4.69, 9.17) is 0 Å². The Labute approximate surface area is 132 Å². The summed E-state index contributed by atoms with van der Waals surface area (Å²) in [6.07, 6.45) is 11.0. The zero-order valence-corrected chi connectivity index (χ0v) is 14.3. The molecular formula is C18H28BrN. The average molecular weight is 338 g/mol. The predicted octanol–water partition coefficient (Wildman–Crippen LogP) is 5.33. The molecule has 1 fully saturated rings. The van der Waals surface area contributed by atoms with Gasteiger partial charge in [-0.3, -0.25) is 0 Å². The van der Waals surface area contributed by atoms with E-state index >= 15 is 0 Å². The van der Waals surface area contributed by atoms with E-state index in [1.54, 1.807) is 0 Å². The Morgan fingerprint density at radius 1 is 1.25 bits per heavy atom. The molecular weight excluding hydrogens is 310 g/mol. The molecule has 1 aliphatic carbocycles. The maximum Gasteiger partial charge on any atom is 0.0207 e. The first-order chi connectivity index (χ1) is 9.79. The first-order valence-corrected chi connectivity index (χ1v) is 9.05. The van der Waals surface area contributed by atoms with Crippen LogP contribution in [0.25, 0.3) is 0 Å². The molecule has 1 nitrogen and oxygen atoms in total. The molecule has 1 atom stereocenters. The molecule has 2 rings (SSSR count). The maximum absolute atomic E-state index is 3.75. The van der Waals surface area contributed by atoms with Crippen molar-refractivity contribution in [3.8, 4) is 0 Å². The lowest BCUT2D eigenvalue weighted by atomic mass is 9.95. The van der Waals surface area contributed by atoms with Gasteiger partial charge < -0.3 is 5.32 Å². The van der Waals surface area contributed by atoms with Crippen molar-refractivity contribution in [3.05, 3.63) is 34.3 Å². The van der Waals surface area contributed by atoms with Gasteiger partial charge in [-0.2, -0.15) is 0 Å². The largest absolute Gasteiger partial charge is 0.314 e. The van der Waals surface area contributed by atoms with Crippen LogP contribution in [0.3, 0.4) is 0 Å². The summed E-state index contributed by atoms with van der Waals surface area (Å²) in [5, 5.41) is 3.75. The molecule has 1 aliphatic rings. The number of nitrogens with one attached hydrogen (secondary N) is 1. The fraction of sp³-hybridized carbons (Fsp3) is 0.667. The molecule has 2 heteroatoms. The third-order valence-electron chi connectivity index (χ3n) is 4.51. The number of benzene rings is 1. The molecule has 0 aromatic heterocycles. The summed E-state index contributed by atoms with van der Waals surface area (Å²) in [4.78, 5) is 0. The van der Waals surface area contributed by atoms with Crippen LogP contribution in [0.1, 0.15) is 57.4 Å². The Balaban J connectivity index is 1.87. The van der Waals surface area contributed by atoms with Gasteiger partial charge in [-0.05, 0) is 49.8 Å². The molecule has 0 heterocycles. The van der Waals surface area contributed by atoms with E-state index in [9.17, 15) is 0 Å². The number of rotatable bonds is 8. The summed E-state index contributed by atoms with van der Waals surface area (Å²) >= 11 is 3.68. The lowest BCUT2D eigenvalue weighted by Gasteiger charge is -2.21. The maximum atomic E-state index is 3.75. The molecule has 1 unspecified atom stereocenters. The van der Waals surface area contributed by atoms with Gasteiger partial charge in [-0.25, -0.2) is 0 Å². The lowest BCUT2D eigenvalue weighted by Crippen LogP contribution is -2.32. The van der Waals surface area contributed by atoms with Crippen LogP contribution in [-0.2, 0) is 6.42 Å². The smallest absolute Gasteiger partial charge is 0.0207 e. The Morgan fingerprint density at radius 3 is 2.70 bits per heavy atom. The van der Waals surface area contributed by atoms with Crippen molar-refractivity contribution in [1.29, 1.82) is 0 Å². The number of hydrogen-bond acceptors (Lipinski definition) is 1. The molecule has 0 spiro atoms. The van der Waals surface area contributed by atoms with Gasteiger partial charge in [0, 0.05) is 10.5 Å². The minimum Gasteiger partial charge on any atom is -0.314 e. The zero-order valence-electron chi connectivity index (χ0n) is 12.7. The van der Waals surface area contributed by atoms with Crippen LogP contribution in [0, 0.1) is 5.92 Å². The third kappa shape index (κ3) is 5.21. The zero-order chi connectivity index (χ0) is 14.2. The van der Waals surface area contributed by atoms with Gasteiger partial charge in [0.2, 0.25) is 0 Å². The predicted molar refractivity (Wildman–Crippen MR) is 91.1 cm³/mol. The molecule has 1 saturated carbocycles. The van der Waals surface area contributed by atoms with Crippen molar-refractivity contribution in [2.24, 2.45) is 5.92 Å². The standard InChI is InChI=1S/C18H28BrN/c1-2-13-20-17(12-11-15-7-3-4-8-15)14-16-9-5-6-10-18(16)19/h5-6,9-10,15,17,20H,2-4,7-8,11-14H2,1H3. The van der Waals surface area contributed by atoms with Crippen molar-refractivity contribution in [2.45, 2.75) is 64.3 Å². The summed E-state index contributed by atoms with van der Waals surface area (Å²) in [5.74, 6) is 1.00. The molecule has 0 saturated heterocycles. The lowest BCUT2D eigenvalue weighted by molar-refractivity contribution is 0.402. The highest BCUT2D eigenvalue weighted by atomic mass is 79.9. The topological polar surface area (TPSA) is 12.0 Å². The van der Waals surface area contributed by atoms with Crippen LogP contribution in [0.15, 0.2) is 28.7 Å². The molecule has 0 amide bonds. The normalized spacial score (nSPS) is 17.5. The summed E-state index contributed by atoms with van der Waals surface area (Å²) in [7, 11) is 0. The summed E-state index contributed by atoms with van der Waals surface area (Å²) in [6, 6.07) is 9.28. The van der Waals surface area contributed by atoms with Gasteiger partial charge >= 0.3 is 0 Å². The molecule has 1 aromatic carbocycles. The first kappa shape index (κ1) is 16.0. The van der Waals surface area contributed by atoms with Crippen molar-refractivity contribution < 1.29 is 0 Å². The fourth-order valence-electron chi connectivity index (χ4n) is 3.29. The van der Waals surface area contributed by atoms with Crippen LogP contribution in [0.2, 0.25) is 0 Å². The average Bonchev–Trinajstić information content (AvgIpc) is 2.97. The van der Waals surface area contributed by atoms with E-state index in [0.29, 0.717) is 6.04 Å². The number of hydrogen-bond donors (Lipinski definition) is 1. The van der Waals surface area contributed by atoms with Crippen LogP contribution in [0.5, 0.6) is 0 Å². The molecule has 0 bridgehead atoms.